The van der Waals surface area contributed by atoms with Gasteiger partial charge in [0.15, 0.2) is 6.61 Å². The van der Waals surface area contributed by atoms with Crippen LogP contribution >= 0.6 is 11.8 Å². The molecule has 0 radical (unpaired) electrons. The average Bonchev–Trinajstić information content (AvgIpc) is 2.71. The summed E-state index contributed by atoms with van der Waals surface area (Å²) in [5, 5.41) is 7.76. The highest BCUT2D eigenvalue weighted by Gasteiger charge is 2.18. The molecule has 0 bridgehead atoms. The predicted molar refractivity (Wildman–Crippen MR) is 105 cm³/mol. The zero-order chi connectivity index (χ0) is 20.1. The SMILES string of the molecule is CNC(=O)c1cccc(NC(=O)COC(=O)c2ccc3c(c2)NC(=O)CS3)c1. The van der Waals surface area contributed by atoms with E-state index in [1.165, 1.54) is 30.9 Å². The number of carbonyl (C=O) groups is 4. The first-order valence-electron chi connectivity index (χ1n) is 8.32. The number of nitrogens with one attached hydrogen (secondary N) is 3. The lowest BCUT2D eigenvalue weighted by Crippen LogP contribution is -2.22. The number of benzene rings is 2. The van der Waals surface area contributed by atoms with Crippen molar-refractivity contribution < 1.29 is 23.9 Å². The molecule has 1 aliphatic rings. The first-order valence-corrected chi connectivity index (χ1v) is 9.30. The molecule has 28 heavy (non-hydrogen) atoms. The van der Waals surface area contributed by atoms with E-state index < -0.39 is 18.5 Å². The van der Waals surface area contributed by atoms with Gasteiger partial charge in [-0.05, 0) is 36.4 Å². The zero-order valence-electron chi connectivity index (χ0n) is 14.9. The van der Waals surface area contributed by atoms with Crippen LogP contribution in [0, 0.1) is 0 Å². The molecular formula is C19H17N3O5S. The van der Waals surface area contributed by atoms with E-state index in [1.54, 1.807) is 30.3 Å². The van der Waals surface area contributed by atoms with Gasteiger partial charge in [-0.15, -0.1) is 11.8 Å². The molecule has 0 aliphatic carbocycles. The maximum Gasteiger partial charge on any atom is 0.338 e. The van der Waals surface area contributed by atoms with Crippen LogP contribution in [0.4, 0.5) is 11.4 Å². The van der Waals surface area contributed by atoms with Crippen LogP contribution in [0.5, 0.6) is 0 Å². The molecule has 3 N–H and O–H groups in total. The molecule has 1 aliphatic heterocycles. The fraction of sp³-hybridized carbons (Fsp3) is 0.158. The van der Waals surface area contributed by atoms with Crippen molar-refractivity contribution in [3.63, 3.8) is 0 Å². The molecule has 0 saturated carbocycles. The highest BCUT2D eigenvalue weighted by atomic mass is 32.2. The van der Waals surface area contributed by atoms with Gasteiger partial charge in [0.05, 0.1) is 17.0 Å². The number of esters is 1. The monoisotopic (exact) mass is 399 g/mol. The lowest BCUT2D eigenvalue weighted by Gasteiger charge is -2.16. The molecule has 0 aromatic heterocycles. The summed E-state index contributed by atoms with van der Waals surface area (Å²) in [4.78, 5) is 48.1. The number of amides is 3. The molecule has 0 atom stereocenters. The van der Waals surface area contributed by atoms with Gasteiger partial charge in [-0.2, -0.15) is 0 Å². The van der Waals surface area contributed by atoms with Gasteiger partial charge < -0.3 is 20.7 Å². The van der Waals surface area contributed by atoms with Gasteiger partial charge in [0.2, 0.25) is 5.91 Å². The Balaban J connectivity index is 1.57. The number of rotatable bonds is 5. The van der Waals surface area contributed by atoms with Crippen molar-refractivity contribution in [3.8, 4) is 0 Å². The van der Waals surface area contributed by atoms with Crippen LogP contribution in [-0.2, 0) is 14.3 Å². The minimum absolute atomic E-state index is 0.138. The van der Waals surface area contributed by atoms with Crippen molar-refractivity contribution >= 4 is 46.8 Å². The number of hydrogen-bond donors (Lipinski definition) is 3. The highest BCUT2D eigenvalue weighted by Crippen LogP contribution is 2.32. The second-order valence-corrected chi connectivity index (χ2v) is 6.85. The normalized spacial score (nSPS) is 12.4. The van der Waals surface area contributed by atoms with Crippen molar-refractivity contribution in [3.05, 3.63) is 53.6 Å². The minimum Gasteiger partial charge on any atom is -0.452 e. The van der Waals surface area contributed by atoms with Gasteiger partial charge in [0.25, 0.3) is 11.8 Å². The molecular weight excluding hydrogens is 382 g/mol. The Bertz CT molecular complexity index is 960. The Hall–Kier alpha value is -3.33. The van der Waals surface area contributed by atoms with E-state index in [2.05, 4.69) is 16.0 Å². The van der Waals surface area contributed by atoms with Crippen LogP contribution < -0.4 is 16.0 Å². The van der Waals surface area contributed by atoms with Gasteiger partial charge in [0.1, 0.15) is 0 Å². The second-order valence-electron chi connectivity index (χ2n) is 5.83. The van der Waals surface area contributed by atoms with Gasteiger partial charge in [-0.3, -0.25) is 14.4 Å². The number of ether oxygens (including phenoxy) is 1. The summed E-state index contributed by atoms with van der Waals surface area (Å²) in [6.07, 6.45) is 0. The third-order valence-corrected chi connectivity index (χ3v) is 4.89. The van der Waals surface area contributed by atoms with Crippen molar-refractivity contribution in [1.82, 2.24) is 5.32 Å². The highest BCUT2D eigenvalue weighted by molar-refractivity contribution is 8.00. The van der Waals surface area contributed by atoms with Gasteiger partial charge >= 0.3 is 5.97 Å². The molecule has 0 unspecified atom stereocenters. The number of hydrogen-bond acceptors (Lipinski definition) is 6. The Labute approximate surface area is 165 Å². The second kappa shape index (κ2) is 8.57. The number of carbonyl (C=O) groups excluding carboxylic acids is 4. The third kappa shape index (κ3) is 4.68. The molecule has 0 saturated heterocycles. The van der Waals surface area contributed by atoms with Gasteiger partial charge in [-0.1, -0.05) is 6.07 Å². The Morgan fingerprint density at radius 1 is 1.14 bits per heavy atom. The maximum atomic E-state index is 12.2. The average molecular weight is 399 g/mol. The fourth-order valence-corrected chi connectivity index (χ4v) is 3.29. The largest absolute Gasteiger partial charge is 0.452 e. The van der Waals surface area contributed by atoms with Crippen LogP contribution in [0.25, 0.3) is 0 Å². The van der Waals surface area contributed by atoms with E-state index in [1.807, 2.05) is 0 Å². The minimum atomic E-state index is -0.679. The summed E-state index contributed by atoms with van der Waals surface area (Å²) >= 11 is 1.38. The van der Waals surface area contributed by atoms with Crippen LogP contribution in [0.3, 0.4) is 0 Å². The molecule has 9 heteroatoms. The summed E-state index contributed by atoms with van der Waals surface area (Å²) in [5.41, 5.74) is 1.59. The van der Waals surface area contributed by atoms with E-state index >= 15 is 0 Å². The summed E-state index contributed by atoms with van der Waals surface area (Å²) in [5.74, 6) is -1.30. The third-order valence-electron chi connectivity index (χ3n) is 3.82. The van der Waals surface area contributed by atoms with Crippen LogP contribution in [0.2, 0.25) is 0 Å². The molecule has 144 valence electrons. The fourth-order valence-electron chi connectivity index (χ4n) is 2.50. The number of fused-ring (bicyclic) bond motifs is 1. The van der Waals surface area contributed by atoms with E-state index in [4.69, 9.17) is 4.74 Å². The summed E-state index contributed by atoms with van der Waals surface area (Å²) in [6, 6.07) is 11.2. The van der Waals surface area contributed by atoms with E-state index in [0.717, 1.165) is 4.90 Å². The topological polar surface area (TPSA) is 114 Å². The molecule has 3 amide bonds. The summed E-state index contributed by atoms with van der Waals surface area (Å²) in [6.45, 7) is -0.485. The van der Waals surface area contributed by atoms with E-state index in [9.17, 15) is 19.2 Å². The predicted octanol–water partition coefficient (Wildman–Crippen LogP) is 1.89. The van der Waals surface area contributed by atoms with Crippen molar-refractivity contribution in [2.45, 2.75) is 4.90 Å². The van der Waals surface area contributed by atoms with Crippen LogP contribution in [-0.4, -0.2) is 43.1 Å². The smallest absolute Gasteiger partial charge is 0.338 e. The molecule has 8 nitrogen and oxygen atoms in total. The summed E-state index contributed by atoms with van der Waals surface area (Å²) < 4.78 is 5.03. The van der Waals surface area contributed by atoms with Crippen molar-refractivity contribution in [2.75, 3.05) is 30.0 Å². The molecule has 2 aromatic carbocycles. The first kappa shape index (κ1) is 19.4. The quantitative estimate of drug-likeness (QED) is 0.662. The Morgan fingerprint density at radius 3 is 2.75 bits per heavy atom. The standard InChI is InChI=1S/C19H17N3O5S/c1-20-18(25)11-3-2-4-13(7-11)21-16(23)9-27-19(26)12-5-6-15-14(8-12)22-17(24)10-28-15/h2-8H,9-10H2,1H3,(H,20,25)(H,21,23)(H,22,24). The molecule has 0 fully saturated rings. The van der Waals surface area contributed by atoms with Gasteiger partial charge in [-0.25, -0.2) is 4.79 Å². The van der Waals surface area contributed by atoms with Crippen molar-refractivity contribution in [2.24, 2.45) is 0 Å². The molecule has 0 spiro atoms. The number of anilines is 2. The zero-order valence-corrected chi connectivity index (χ0v) is 15.7. The van der Waals surface area contributed by atoms with Crippen LogP contribution in [0.15, 0.2) is 47.4 Å². The molecule has 3 rings (SSSR count). The summed E-state index contributed by atoms with van der Waals surface area (Å²) in [7, 11) is 1.51. The first-order chi connectivity index (χ1) is 13.5. The molecule has 1 heterocycles. The van der Waals surface area contributed by atoms with Crippen molar-refractivity contribution in [1.29, 1.82) is 0 Å². The Morgan fingerprint density at radius 2 is 1.96 bits per heavy atom. The molecule has 2 aromatic rings. The maximum absolute atomic E-state index is 12.2. The van der Waals surface area contributed by atoms with Gasteiger partial charge in [0, 0.05) is 23.2 Å². The number of thioether (sulfide) groups is 1. The lowest BCUT2D eigenvalue weighted by molar-refractivity contribution is -0.119. The van der Waals surface area contributed by atoms with Crippen LogP contribution in [0.1, 0.15) is 20.7 Å². The Kier molecular flexibility index (Phi) is 5.95. The lowest BCUT2D eigenvalue weighted by atomic mass is 10.2. The van der Waals surface area contributed by atoms with E-state index in [0.29, 0.717) is 22.7 Å². The van der Waals surface area contributed by atoms with E-state index in [-0.39, 0.29) is 17.4 Å².